The molecule has 0 amide bonds. The van der Waals surface area contributed by atoms with E-state index in [1.54, 1.807) is 18.2 Å². The highest BCUT2D eigenvalue weighted by atomic mass is 35.5. The molecular weight excluding hydrogens is 328 g/mol. The fourth-order valence-electron chi connectivity index (χ4n) is 1.74. The Morgan fingerprint density at radius 3 is 2.71 bits per heavy atom. The van der Waals surface area contributed by atoms with Crippen molar-refractivity contribution in [1.29, 1.82) is 0 Å². The SMILES string of the molecule is CCNCc1csc(S(=O)(=O)NCc2ccccc2Cl)c1. The lowest BCUT2D eigenvalue weighted by molar-refractivity contribution is 0.583. The highest BCUT2D eigenvalue weighted by Crippen LogP contribution is 2.21. The van der Waals surface area contributed by atoms with Crippen molar-refractivity contribution in [3.05, 3.63) is 51.9 Å². The molecule has 114 valence electrons. The third-order valence-corrected chi connectivity index (χ3v) is 6.14. The van der Waals surface area contributed by atoms with Crippen molar-refractivity contribution >= 4 is 33.0 Å². The van der Waals surface area contributed by atoms with Crippen molar-refractivity contribution in [2.45, 2.75) is 24.2 Å². The first kappa shape index (κ1) is 16.5. The van der Waals surface area contributed by atoms with Crippen LogP contribution in [0, 0.1) is 0 Å². The summed E-state index contributed by atoms with van der Waals surface area (Å²) < 4.78 is 27.4. The molecule has 1 heterocycles. The molecule has 0 aliphatic heterocycles. The number of rotatable bonds is 7. The third kappa shape index (κ3) is 4.52. The van der Waals surface area contributed by atoms with Crippen LogP contribution in [0.25, 0.3) is 0 Å². The first-order chi connectivity index (χ1) is 10.0. The van der Waals surface area contributed by atoms with Gasteiger partial charge < -0.3 is 5.32 Å². The van der Waals surface area contributed by atoms with E-state index in [1.807, 2.05) is 24.4 Å². The zero-order valence-electron chi connectivity index (χ0n) is 11.6. The van der Waals surface area contributed by atoms with E-state index in [1.165, 1.54) is 11.3 Å². The number of nitrogens with one attached hydrogen (secondary N) is 2. The van der Waals surface area contributed by atoms with Gasteiger partial charge in [-0.15, -0.1) is 11.3 Å². The van der Waals surface area contributed by atoms with Crippen molar-refractivity contribution < 1.29 is 8.42 Å². The fraction of sp³-hybridized carbons (Fsp3) is 0.286. The summed E-state index contributed by atoms with van der Waals surface area (Å²) in [5.41, 5.74) is 1.73. The molecule has 1 aromatic heterocycles. The van der Waals surface area contributed by atoms with Gasteiger partial charge >= 0.3 is 0 Å². The molecule has 1 aromatic carbocycles. The molecular formula is C14H17ClN2O2S2. The molecule has 0 aliphatic rings. The van der Waals surface area contributed by atoms with Crippen LogP contribution in [0.15, 0.2) is 39.9 Å². The van der Waals surface area contributed by atoms with Gasteiger partial charge in [-0.25, -0.2) is 13.1 Å². The minimum absolute atomic E-state index is 0.183. The molecule has 21 heavy (non-hydrogen) atoms. The molecule has 2 rings (SSSR count). The van der Waals surface area contributed by atoms with Crippen LogP contribution in [-0.4, -0.2) is 15.0 Å². The average molecular weight is 345 g/mol. The van der Waals surface area contributed by atoms with Crippen LogP contribution < -0.4 is 10.0 Å². The van der Waals surface area contributed by atoms with Crippen LogP contribution in [0.1, 0.15) is 18.1 Å². The molecule has 0 bridgehead atoms. The summed E-state index contributed by atoms with van der Waals surface area (Å²) in [6.45, 7) is 3.72. The van der Waals surface area contributed by atoms with Gasteiger partial charge in [0.2, 0.25) is 10.0 Å². The zero-order chi connectivity index (χ0) is 15.3. The van der Waals surface area contributed by atoms with Gasteiger partial charge in [0.15, 0.2) is 0 Å². The predicted octanol–water partition coefficient (Wildman–Crippen LogP) is 2.99. The molecule has 0 aliphatic carbocycles. The Hall–Kier alpha value is -0.920. The molecule has 2 N–H and O–H groups in total. The van der Waals surface area contributed by atoms with Crippen LogP contribution in [0.5, 0.6) is 0 Å². The van der Waals surface area contributed by atoms with Crippen LogP contribution >= 0.6 is 22.9 Å². The maximum atomic E-state index is 12.2. The van der Waals surface area contributed by atoms with Crippen molar-refractivity contribution in [2.75, 3.05) is 6.54 Å². The van der Waals surface area contributed by atoms with E-state index < -0.39 is 10.0 Å². The molecule has 2 aromatic rings. The second-order valence-corrected chi connectivity index (χ2v) is 7.78. The number of hydrogen-bond donors (Lipinski definition) is 2. The second kappa shape index (κ2) is 7.38. The molecule has 0 radical (unpaired) electrons. The standard InChI is InChI=1S/C14H17ClN2O2S2/c1-2-16-8-11-7-14(20-10-11)21(18,19)17-9-12-5-3-4-6-13(12)15/h3-7,10,16-17H,2,8-9H2,1H3. The van der Waals surface area contributed by atoms with E-state index in [0.717, 1.165) is 17.7 Å². The van der Waals surface area contributed by atoms with Gasteiger partial charge in [0.05, 0.1) is 0 Å². The normalized spacial score (nSPS) is 11.7. The monoisotopic (exact) mass is 344 g/mol. The van der Waals surface area contributed by atoms with Crippen LogP contribution in [0.3, 0.4) is 0 Å². The van der Waals surface area contributed by atoms with E-state index in [9.17, 15) is 8.42 Å². The fourth-order valence-corrected chi connectivity index (χ4v) is 4.20. The number of benzene rings is 1. The van der Waals surface area contributed by atoms with E-state index in [0.29, 0.717) is 15.8 Å². The Balaban J connectivity index is 2.05. The van der Waals surface area contributed by atoms with Gasteiger partial charge in [0.1, 0.15) is 4.21 Å². The summed E-state index contributed by atoms with van der Waals surface area (Å²) in [7, 11) is -3.50. The van der Waals surface area contributed by atoms with Gasteiger partial charge in [-0.05, 0) is 35.2 Å². The lowest BCUT2D eigenvalue weighted by Gasteiger charge is -2.06. The van der Waals surface area contributed by atoms with Crippen molar-refractivity contribution in [3.63, 3.8) is 0 Å². The number of halogens is 1. The minimum Gasteiger partial charge on any atom is -0.313 e. The number of thiophene rings is 1. The van der Waals surface area contributed by atoms with E-state index in [-0.39, 0.29) is 6.54 Å². The Bertz CT molecular complexity index is 699. The number of hydrogen-bond acceptors (Lipinski definition) is 4. The Morgan fingerprint density at radius 2 is 2.00 bits per heavy atom. The number of sulfonamides is 1. The minimum atomic E-state index is -3.50. The van der Waals surface area contributed by atoms with Crippen LogP contribution in [-0.2, 0) is 23.1 Å². The summed E-state index contributed by atoms with van der Waals surface area (Å²) in [6.07, 6.45) is 0. The molecule has 0 atom stereocenters. The second-order valence-electron chi connectivity index (χ2n) is 4.47. The van der Waals surface area contributed by atoms with Crippen LogP contribution in [0.4, 0.5) is 0 Å². The zero-order valence-corrected chi connectivity index (χ0v) is 14.0. The maximum absolute atomic E-state index is 12.2. The predicted molar refractivity (Wildman–Crippen MR) is 87.2 cm³/mol. The van der Waals surface area contributed by atoms with E-state index >= 15 is 0 Å². The van der Waals surface area contributed by atoms with Gasteiger partial charge in [-0.3, -0.25) is 0 Å². The quantitative estimate of drug-likeness (QED) is 0.811. The topological polar surface area (TPSA) is 58.2 Å². The third-order valence-electron chi connectivity index (χ3n) is 2.88. The first-order valence-corrected chi connectivity index (χ1v) is 9.28. The lowest BCUT2D eigenvalue weighted by Crippen LogP contribution is -2.22. The summed E-state index contributed by atoms with van der Waals surface area (Å²) in [5.74, 6) is 0. The highest BCUT2D eigenvalue weighted by molar-refractivity contribution is 7.91. The van der Waals surface area contributed by atoms with Crippen LogP contribution in [0.2, 0.25) is 5.02 Å². The van der Waals surface area contributed by atoms with E-state index in [2.05, 4.69) is 10.0 Å². The van der Waals surface area contributed by atoms with Crippen molar-refractivity contribution in [2.24, 2.45) is 0 Å². The largest absolute Gasteiger partial charge is 0.313 e. The molecule has 7 heteroatoms. The summed E-state index contributed by atoms with van der Waals surface area (Å²) >= 11 is 7.24. The van der Waals surface area contributed by atoms with Crippen molar-refractivity contribution in [1.82, 2.24) is 10.0 Å². The van der Waals surface area contributed by atoms with Gasteiger partial charge in [0.25, 0.3) is 0 Å². The van der Waals surface area contributed by atoms with Crippen molar-refractivity contribution in [3.8, 4) is 0 Å². The molecule has 0 saturated carbocycles. The summed E-state index contributed by atoms with van der Waals surface area (Å²) in [6, 6.07) is 8.88. The molecule has 4 nitrogen and oxygen atoms in total. The maximum Gasteiger partial charge on any atom is 0.250 e. The average Bonchev–Trinajstić information content (AvgIpc) is 2.94. The Morgan fingerprint density at radius 1 is 1.24 bits per heavy atom. The molecule has 0 spiro atoms. The van der Waals surface area contributed by atoms with Gasteiger partial charge in [0, 0.05) is 18.1 Å². The Kier molecular flexibility index (Phi) is 5.78. The molecule has 0 saturated heterocycles. The summed E-state index contributed by atoms with van der Waals surface area (Å²) in [4.78, 5) is 0. The summed E-state index contributed by atoms with van der Waals surface area (Å²) in [5, 5.41) is 5.58. The first-order valence-electron chi connectivity index (χ1n) is 6.54. The molecule has 0 fully saturated rings. The van der Waals surface area contributed by atoms with Gasteiger partial charge in [-0.2, -0.15) is 0 Å². The smallest absolute Gasteiger partial charge is 0.250 e. The lowest BCUT2D eigenvalue weighted by atomic mass is 10.2. The highest BCUT2D eigenvalue weighted by Gasteiger charge is 2.16. The van der Waals surface area contributed by atoms with Gasteiger partial charge in [-0.1, -0.05) is 36.7 Å². The van der Waals surface area contributed by atoms with E-state index in [4.69, 9.17) is 11.6 Å². The Labute approximate surface area is 134 Å². The molecule has 0 unspecified atom stereocenters.